The van der Waals surface area contributed by atoms with Gasteiger partial charge in [-0.2, -0.15) is 0 Å². The summed E-state index contributed by atoms with van der Waals surface area (Å²) in [4.78, 5) is 53.7. The van der Waals surface area contributed by atoms with Gasteiger partial charge >= 0.3 is 0 Å². The summed E-state index contributed by atoms with van der Waals surface area (Å²) >= 11 is 0. The summed E-state index contributed by atoms with van der Waals surface area (Å²) < 4.78 is 5.36. The number of ketones is 1. The molecule has 4 aromatic rings. The topological polar surface area (TPSA) is 112 Å². The minimum atomic E-state index is -0.645. The van der Waals surface area contributed by atoms with Crippen molar-refractivity contribution in [3.63, 3.8) is 0 Å². The number of benzene rings is 1. The highest BCUT2D eigenvalue weighted by molar-refractivity contribution is 6.44. The zero-order valence-electron chi connectivity index (χ0n) is 17.9. The van der Waals surface area contributed by atoms with Crippen LogP contribution in [0.1, 0.15) is 27.6 Å². The molecule has 2 amide bonds. The number of hydrogen-bond donors (Lipinski definition) is 1. The molecule has 1 aromatic carbocycles. The summed E-state index contributed by atoms with van der Waals surface area (Å²) in [5.74, 6) is -0.949. The maximum atomic E-state index is 13.1. The van der Waals surface area contributed by atoms with Gasteiger partial charge in [0.1, 0.15) is 11.8 Å². The molecule has 1 fully saturated rings. The van der Waals surface area contributed by atoms with Gasteiger partial charge in [0.05, 0.1) is 22.8 Å². The second-order valence-corrected chi connectivity index (χ2v) is 7.92. The molecular weight excluding hydrogens is 422 g/mol. The third kappa shape index (κ3) is 3.67. The molecule has 9 nitrogen and oxygen atoms in total. The SMILES string of the molecule is C[C@@H]1CN(C(=O)C(=O)c2c[nH]c3c(-c4ncco4)ccnc23)CCN1C(=O)c1ccccc1. The number of fused-ring (bicyclic) bond motifs is 1. The molecule has 1 aliphatic rings. The van der Waals surface area contributed by atoms with Crippen molar-refractivity contribution in [2.75, 3.05) is 19.6 Å². The first kappa shape index (κ1) is 20.6. The van der Waals surface area contributed by atoms with E-state index < -0.39 is 11.7 Å². The van der Waals surface area contributed by atoms with E-state index in [1.165, 1.54) is 23.6 Å². The van der Waals surface area contributed by atoms with Crippen LogP contribution in [0.3, 0.4) is 0 Å². The molecule has 0 aliphatic carbocycles. The molecule has 1 saturated heterocycles. The van der Waals surface area contributed by atoms with Crippen LogP contribution in [-0.4, -0.2) is 68.0 Å². The summed E-state index contributed by atoms with van der Waals surface area (Å²) in [5.41, 5.74) is 2.40. The van der Waals surface area contributed by atoms with Gasteiger partial charge in [-0.3, -0.25) is 19.4 Å². The summed E-state index contributed by atoms with van der Waals surface area (Å²) in [7, 11) is 0. The number of amides is 2. The Balaban J connectivity index is 1.34. The molecule has 3 aromatic heterocycles. The maximum Gasteiger partial charge on any atom is 0.295 e. The van der Waals surface area contributed by atoms with Gasteiger partial charge in [-0.05, 0) is 25.1 Å². The van der Waals surface area contributed by atoms with Crippen LogP contribution in [0.4, 0.5) is 0 Å². The molecule has 1 N–H and O–H groups in total. The van der Waals surface area contributed by atoms with E-state index in [0.29, 0.717) is 34.6 Å². The van der Waals surface area contributed by atoms with Gasteiger partial charge in [0.2, 0.25) is 5.89 Å². The minimum absolute atomic E-state index is 0.0820. The Hall–Kier alpha value is -4.27. The largest absolute Gasteiger partial charge is 0.444 e. The average Bonchev–Trinajstić information content (AvgIpc) is 3.53. The first-order valence-corrected chi connectivity index (χ1v) is 10.6. The molecule has 166 valence electrons. The van der Waals surface area contributed by atoms with E-state index >= 15 is 0 Å². The molecule has 33 heavy (non-hydrogen) atoms. The van der Waals surface area contributed by atoms with Crippen LogP contribution < -0.4 is 0 Å². The lowest BCUT2D eigenvalue weighted by atomic mass is 10.1. The van der Waals surface area contributed by atoms with Crippen molar-refractivity contribution in [1.82, 2.24) is 24.8 Å². The minimum Gasteiger partial charge on any atom is -0.444 e. The van der Waals surface area contributed by atoms with Crippen LogP contribution >= 0.6 is 0 Å². The molecule has 1 aliphatic heterocycles. The molecule has 0 spiro atoms. The van der Waals surface area contributed by atoms with E-state index in [9.17, 15) is 14.4 Å². The van der Waals surface area contributed by atoms with Gasteiger partial charge in [0.15, 0.2) is 0 Å². The number of Topliss-reactive ketones (excluding diaryl/α,β-unsaturated/α-hetero) is 1. The fourth-order valence-electron chi connectivity index (χ4n) is 4.18. The predicted molar refractivity (Wildman–Crippen MR) is 119 cm³/mol. The van der Waals surface area contributed by atoms with Gasteiger partial charge in [-0.1, -0.05) is 18.2 Å². The zero-order chi connectivity index (χ0) is 22.9. The molecule has 0 unspecified atom stereocenters. The Labute approximate surface area is 189 Å². The molecule has 4 heterocycles. The average molecular weight is 443 g/mol. The number of pyridine rings is 1. The van der Waals surface area contributed by atoms with Crippen molar-refractivity contribution in [1.29, 1.82) is 0 Å². The Morgan fingerprint density at radius 3 is 2.61 bits per heavy atom. The quantitative estimate of drug-likeness (QED) is 0.383. The normalized spacial score (nSPS) is 16.2. The highest BCUT2D eigenvalue weighted by Crippen LogP contribution is 2.27. The van der Waals surface area contributed by atoms with Crippen LogP contribution in [0.2, 0.25) is 0 Å². The smallest absolute Gasteiger partial charge is 0.295 e. The van der Waals surface area contributed by atoms with Gasteiger partial charge in [0, 0.05) is 43.6 Å². The van der Waals surface area contributed by atoms with Crippen molar-refractivity contribution in [3.8, 4) is 11.5 Å². The fraction of sp³-hybridized carbons (Fsp3) is 0.208. The third-order valence-electron chi connectivity index (χ3n) is 5.86. The Kier molecular flexibility index (Phi) is 5.21. The number of aromatic amines is 1. The van der Waals surface area contributed by atoms with E-state index in [1.807, 2.05) is 25.1 Å². The molecular formula is C24H21N5O4. The molecule has 0 radical (unpaired) electrons. The van der Waals surface area contributed by atoms with Gasteiger partial charge in [-0.15, -0.1) is 0 Å². The number of piperazine rings is 1. The van der Waals surface area contributed by atoms with E-state index in [-0.39, 0.29) is 30.6 Å². The van der Waals surface area contributed by atoms with Gasteiger partial charge in [0.25, 0.3) is 17.6 Å². The molecule has 1 atom stereocenters. The fourth-order valence-corrected chi connectivity index (χ4v) is 4.18. The van der Waals surface area contributed by atoms with Crippen molar-refractivity contribution in [3.05, 3.63) is 72.4 Å². The number of oxazole rings is 1. The van der Waals surface area contributed by atoms with Crippen molar-refractivity contribution < 1.29 is 18.8 Å². The number of H-pyrrole nitrogens is 1. The van der Waals surface area contributed by atoms with E-state index in [1.54, 1.807) is 29.3 Å². The molecule has 9 heteroatoms. The van der Waals surface area contributed by atoms with Gasteiger partial charge < -0.3 is 19.2 Å². The lowest BCUT2D eigenvalue weighted by Gasteiger charge is -2.39. The number of aromatic nitrogens is 3. The van der Waals surface area contributed by atoms with Crippen molar-refractivity contribution >= 4 is 28.6 Å². The Bertz CT molecular complexity index is 1330. The Morgan fingerprint density at radius 2 is 1.88 bits per heavy atom. The monoisotopic (exact) mass is 443 g/mol. The number of carbonyl (C=O) groups is 3. The number of nitrogens with one attached hydrogen (secondary N) is 1. The number of nitrogens with zero attached hydrogens (tertiary/aromatic N) is 4. The summed E-state index contributed by atoms with van der Waals surface area (Å²) in [5, 5.41) is 0. The lowest BCUT2D eigenvalue weighted by molar-refractivity contribution is -0.128. The third-order valence-corrected chi connectivity index (χ3v) is 5.86. The van der Waals surface area contributed by atoms with Crippen LogP contribution in [0, 0.1) is 0 Å². The molecule has 5 rings (SSSR count). The van der Waals surface area contributed by atoms with E-state index in [4.69, 9.17) is 4.42 Å². The van der Waals surface area contributed by atoms with Crippen LogP contribution in [0.5, 0.6) is 0 Å². The summed E-state index contributed by atoms with van der Waals surface area (Å²) in [6.45, 7) is 2.79. The lowest BCUT2D eigenvalue weighted by Crippen LogP contribution is -2.56. The Morgan fingerprint density at radius 1 is 1.06 bits per heavy atom. The standard InChI is InChI=1S/C24H21N5O4/c1-15-14-28(10-11-29(15)23(31)16-5-3-2-4-6-16)24(32)21(30)18-13-27-19-17(7-8-25-20(18)19)22-26-9-12-33-22/h2-9,12-13,15,27H,10-11,14H2,1H3/t15-/m1/s1. The predicted octanol–water partition coefficient (Wildman–Crippen LogP) is 2.77. The number of hydrogen-bond acceptors (Lipinski definition) is 6. The van der Waals surface area contributed by atoms with Crippen molar-refractivity contribution in [2.45, 2.75) is 13.0 Å². The van der Waals surface area contributed by atoms with E-state index in [0.717, 1.165) is 0 Å². The van der Waals surface area contributed by atoms with Crippen LogP contribution in [-0.2, 0) is 4.79 Å². The molecule has 0 bridgehead atoms. The highest BCUT2D eigenvalue weighted by atomic mass is 16.3. The first-order chi connectivity index (χ1) is 16.0. The number of rotatable bonds is 4. The highest BCUT2D eigenvalue weighted by Gasteiger charge is 2.34. The van der Waals surface area contributed by atoms with Crippen molar-refractivity contribution in [2.24, 2.45) is 0 Å². The van der Waals surface area contributed by atoms with Crippen LogP contribution in [0.25, 0.3) is 22.5 Å². The summed E-state index contributed by atoms with van der Waals surface area (Å²) in [6, 6.07) is 10.5. The second-order valence-electron chi connectivity index (χ2n) is 7.92. The summed E-state index contributed by atoms with van der Waals surface area (Å²) in [6.07, 6.45) is 6.03. The van der Waals surface area contributed by atoms with Crippen LogP contribution in [0.15, 0.2) is 65.7 Å². The van der Waals surface area contributed by atoms with E-state index in [2.05, 4.69) is 15.0 Å². The maximum absolute atomic E-state index is 13.1. The number of carbonyl (C=O) groups excluding carboxylic acids is 3. The zero-order valence-corrected chi connectivity index (χ0v) is 17.9. The second kappa shape index (κ2) is 8.34. The van der Waals surface area contributed by atoms with Gasteiger partial charge in [-0.25, -0.2) is 4.98 Å². The first-order valence-electron chi connectivity index (χ1n) is 10.6. The molecule has 0 saturated carbocycles.